The summed E-state index contributed by atoms with van der Waals surface area (Å²) in [5.41, 5.74) is 1.76. The van der Waals surface area contributed by atoms with E-state index in [1.165, 1.54) is 0 Å². The molecule has 1 aromatic carbocycles. The molecule has 0 aliphatic carbocycles. The monoisotopic (exact) mass is 343 g/mol. The van der Waals surface area contributed by atoms with Crippen molar-refractivity contribution in [2.45, 2.75) is 31.8 Å². The Hall–Kier alpha value is -2.10. The third kappa shape index (κ3) is 6.73. The molecular formula is C19H29N5O. The fourth-order valence-corrected chi connectivity index (χ4v) is 3.06. The Morgan fingerprint density at radius 3 is 2.88 bits per heavy atom. The molecule has 1 saturated heterocycles. The highest BCUT2D eigenvalue weighted by Gasteiger charge is 2.19. The van der Waals surface area contributed by atoms with Crippen LogP contribution in [0.15, 0.2) is 29.3 Å². The second-order valence-corrected chi connectivity index (χ2v) is 6.34. The number of nitriles is 1. The minimum Gasteiger partial charge on any atom is -0.385 e. The number of methoxy groups -OCH3 is 1. The number of nitrogens with one attached hydrogen (secondary N) is 2. The molecule has 0 radical (unpaired) electrons. The van der Waals surface area contributed by atoms with E-state index < -0.39 is 0 Å². The third-order valence-electron chi connectivity index (χ3n) is 4.49. The van der Waals surface area contributed by atoms with Crippen LogP contribution >= 0.6 is 0 Å². The lowest BCUT2D eigenvalue weighted by Gasteiger charge is -2.33. The molecule has 0 atom stereocenters. The molecule has 1 aliphatic heterocycles. The van der Waals surface area contributed by atoms with Crippen LogP contribution in [0.3, 0.4) is 0 Å². The molecule has 0 saturated carbocycles. The van der Waals surface area contributed by atoms with Crippen LogP contribution in [0.4, 0.5) is 0 Å². The van der Waals surface area contributed by atoms with Crippen LogP contribution in [-0.2, 0) is 11.3 Å². The molecule has 0 bridgehead atoms. The molecule has 1 aliphatic rings. The van der Waals surface area contributed by atoms with Crippen molar-refractivity contribution in [3.05, 3.63) is 35.4 Å². The molecule has 0 spiro atoms. The van der Waals surface area contributed by atoms with E-state index in [1.54, 1.807) is 14.2 Å². The Morgan fingerprint density at radius 2 is 2.20 bits per heavy atom. The van der Waals surface area contributed by atoms with Gasteiger partial charge in [0.1, 0.15) is 0 Å². The lowest BCUT2D eigenvalue weighted by molar-refractivity contribution is 0.155. The van der Waals surface area contributed by atoms with Crippen molar-refractivity contribution in [2.75, 3.05) is 40.4 Å². The summed E-state index contributed by atoms with van der Waals surface area (Å²) in [4.78, 5) is 6.82. The maximum atomic E-state index is 8.97. The number of rotatable bonds is 7. The summed E-state index contributed by atoms with van der Waals surface area (Å²) in [7, 11) is 3.55. The van der Waals surface area contributed by atoms with Gasteiger partial charge in [-0.1, -0.05) is 12.1 Å². The van der Waals surface area contributed by atoms with E-state index in [4.69, 9.17) is 10.00 Å². The van der Waals surface area contributed by atoms with E-state index in [2.05, 4.69) is 26.6 Å². The number of likely N-dealkylation sites (tertiary alicyclic amines) is 1. The SMILES string of the molecule is CN=C(NCc1cccc(C#N)c1)NC1CCN(CCCOC)CC1. The minimum atomic E-state index is 0.454. The first-order valence-electron chi connectivity index (χ1n) is 8.92. The van der Waals surface area contributed by atoms with Gasteiger partial charge in [0.2, 0.25) is 0 Å². The number of benzene rings is 1. The highest BCUT2D eigenvalue weighted by molar-refractivity contribution is 5.79. The zero-order valence-electron chi connectivity index (χ0n) is 15.3. The second kappa shape index (κ2) is 10.7. The zero-order chi connectivity index (χ0) is 17.9. The molecule has 0 aromatic heterocycles. The van der Waals surface area contributed by atoms with Gasteiger partial charge >= 0.3 is 0 Å². The fraction of sp³-hybridized carbons (Fsp3) is 0.579. The van der Waals surface area contributed by atoms with Gasteiger partial charge < -0.3 is 20.3 Å². The quantitative estimate of drug-likeness (QED) is 0.448. The second-order valence-electron chi connectivity index (χ2n) is 6.34. The van der Waals surface area contributed by atoms with E-state index in [9.17, 15) is 0 Å². The molecule has 2 N–H and O–H groups in total. The maximum absolute atomic E-state index is 8.97. The highest BCUT2D eigenvalue weighted by Crippen LogP contribution is 2.11. The first kappa shape index (κ1) is 19.2. The van der Waals surface area contributed by atoms with Crippen LogP contribution in [0, 0.1) is 11.3 Å². The van der Waals surface area contributed by atoms with E-state index in [0.29, 0.717) is 18.2 Å². The number of hydrogen-bond acceptors (Lipinski definition) is 4. The number of guanidine groups is 1. The van der Waals surface area contributed by atoms with Crippen molar-refractivity contribution in [3.8, 4) is 6.07 Å². The van der Waals surface area contributed by atoms with Crippen molar-refractivity contribution in [1.82, 2.24) is 15.5 Å². The van der Waals surface area contributed by atoms with Crippen molar-refractivity contribution in [1.29, 1.82) is 5.26 Å². The lowest BCUT2D eigenvalue weighted by Crippen LogP contribution is -2.48. The summed E-state index contributed by atoms with van der Waals surface area (Å²) < 4.78 is 5.12. The lowest BCUT2D eigenvalue weighted by atomic mass is 10.1. The van der Waals surface area contributed by atoms with Crippen molar-refractivity contribution in [3.63, 3.8) is 0 Å². The first-order valence-corrected chi connectivity index (χ1v) is 8.92. The predicted octanol–water partition coefficient (Wildman–Crippen LogP) is 1.72. The number of hydrogen-bond donors (Lipinski definition) is 2. The molecule has 1 aromatic rings. The van der Waals surface area contributed by atoms with Crippen molar-refractivity contribution < 1.29 is 4.74 Å². The van der Waals surface area contributed by atoms with Crippen LogP contribution in [0.5, 0.6) is 0 Å². The van der Waals surface area contributed by atoms with Gasteiger partial charge in [-0.3, -0.25) is 4.99 Å². The molecule has 0 unspecified atom stereocenters. The third-order valence-corrected chi connectivity index (χ3v) is 4.49. The number of aliphatic imine (C=N–C) groups is 1. The van der Waals surface area contributed by atoms with Gasteiger partial charge in [-0.15, -0.1) is 0 Å². The molecule has 6 heteroatoms. The molecule has 25 heavy (non-hydrogen) atoms. The average molecular weight is 343 g/mol. The largest absolute Gasteiger partial charge is 0.385 e. The molecule has 136 valence electrons. The van der Waals surface area contributed by atoms with Gasteiger partial charge in [-0.25, -0.2) is 0 Å². The molecule has 0 amide bonds. The van der Waals surface area contributed by atoms with Gasteiger partial charge in [-0.05, 0) is 37.0 Å². The maximum Gasteiger partial charge on any atom is 0.191 e. The van der Waals surface area contributed by atoms with Crippen LogP contribution < -0.4 is 10.6 Å². The van der Waals surface area contributed by atoms with Crippen LogP contribution in [0.1, 0.15) is 30.4 Å². The van der Waals surface area contributed by atoms with Gasteiger partial charge in [0.25, 0.3) is 0 Å². The Morgan fingerprint density at radius 1 is 1.40 bits per heavy atom. The molecule has 2 rings (SSSR count). The van der Waals surface area contributed by atoms with E-state index in [1.807, 2.05) is 24.3 Å². The Bertz CT molecular complexity index is 588. The van der Waals surface area contributed by atoms with Gasteiger partial charge in [0, 0.05) is 53.0 Å². The summed E-state index contributed by atoms with van der Waals surface area (Å²) >= 11 is 0. The number of ether oxygens (including phenoxy) is 1. The fourth-order valence-electron chi connectivity index (χ4n) is 3.06. The molecule has 6 nitrogen and oxygen atoms in total. The highest BCUT2D eigenvalue weighted by atomic mass is 16.5. The first-order chi connectivity index (χ1) is 12.2. The Kier molecular flexibility index (Phi) is 8.23. The molecule has 1 heterocycles. The topological polar surface area (TPSA) is 72.7 Å². The van der Waals surface area contributed by atoms with Crippen LogP contribution in [-0.4, -0.2) is 57.3 Å². The number of piperidine rings is 1. The average Bonchev–Trinajstić information content (AvgIpc) is 2.66. The summed E-state index contributed by atoms with van der Waals surface area (Å²) in [6.07, 6.45) is 3.34. The van der Waals surface area contributed by atoms with Crippen molar-refractivity contribution in [2.24, 2.45) is 4.99 Å². The van der Waals surface area contributed by atoms with Crippen LogP contribution in [0.25, 0.3) is 0 Å². The standard InChI is InChI=1S/C19H29N5O/c1-21-19(22-15-17-6-3-5-16(13-17)14-20)23-18-7-10-24(11-8-18)9-4-12-25-2/h3,5-6,13,18H,4,7-12,15H2,1-2H3,(H2,21,22,23). The zero-order valence-corrected chi connectivity index (χ0v) is 15.3. The molecule has 1 fully saturated rings. The smallest absolute Gasteiger partial charge is 0.191 e. The van der Waals surface area contributed by atoms with E-state index in [-0.39, 0.29) is 0 Å². The predicted molar refractivity (Wildman–Crippen MR) is 100 cm³/mol. The van der Waals surface area contributed by atoms with Gasteiger partial charge in [0.15, 0.2) is 5.96 Å². The van der Waals surface area contributed by atoms with Crippen molar-refractivity contribution >= 4 is 5.96 Å². The van der Waals surface area contributed by atoms with Crippen LogP contribution in [0.2, 0.25) is 0 Å². The minimum absolute atomic E-state index is 0.454. The Balaban J connectivity index is 1.73. The summed E-state index contributed by atoms with van der Waals surface area (Å²) in [6, 6.07) is 10.3. The normalized spacial score (nSPS) is 16.4. The molecular weight excluding hydrogens is 314 g/mol. The Labute approximate surface area is 150 Å². The van der Waals surface area contributed by atoms with Gasteiger partial charge in [-0.2, -0.15) is 5.26 Å². The summed E-state index contributed by atoms with van der Waals surface area (Å²) in [5.74, 6) is 0.820. The number of nitrogens with zero attached hydrogens (tertiary/aromatic N) is 3. The summed E-state index contributed by atoms with van der Waals surface area (Å²) in [5, 5.41) is 15.8. The van der Waals surface area contributed by atoms with E-state index in [0.717, 1.165) is 57.0 Å². The van der Waals surface area contributed by atoms with Gasteiger partial charge in [0.05, 0.1) is 11.6 Å². The summed E-state index contributed by atoms with van der Waals surface area (Å²) in [6.45, 7) is 4.83. The van der Waals surface area contributed by atoms with E-state index >= 15 is 0 Å².